The van der Waals surface area contributed by atoms with Crippen molar-refractivity contribution in [1.82, 2.24) is 15.3 Å². The first-order valence-electron chi connectivity index (χ1n) is 8.17. The highest BCUT2D eigenvalue weighted by Gasteiger charge is 2.41. The maximum atomic E-state index is 4.86. The molecule has 2 aliphatic carbocycles. The van der Waals surface area contributed by atoms with Crippen LogP contribution in [0.4, 0.5) is 0 Å². The van der Waals surface area contributed by atoms with Gasteiger partial charge in [0.05, 0.1) is 5.69 Å². The third kappa shape index (κ3) is 3.03. The lowest BCUT2D eigenvalue weighted by Crippen LogP contribution is -2.21. The number of aryl methyl sites for hydroxylation is 1. The van der Waals surface area contributed by atoms with Gasteiger partial charge in [-0.05, 0) is 56.6 Å². The molecular formula is C17H27N3. The molecule has 20 heavy (non-hydrogen) atoms. The zero-order valence-corrected chi connectivity index (χ0v) is 13.0. The Kier molecular flexibility index (Phi) is 4.06. The summed E-state index contributed by atoms with van der Waals surface area (Å²) in [6.07, 6.45) is 5.58. The van der Waals surface area contributed by atoms with E-state index in [9.17, 15) is 0 Å². The van der Waals surface area contributed by atoms with Crippen molar-refractivity contribution in [2.45, 2.75) is 58.9 Å². The topological polar surface area (TPSA) is 37.8 Å². The van der Waals surface area contributed by atoms with Gasteiger partial charge < -0.3 is 5.32 Å². The average Bonchev–Trinajstić information content (AvgIpc) is 2.99. The minimum atomic E-state index is 0.637. The van der Waals surface area contributed by atoms with Crippen LogP contribution in [0.25, 0.3) is 0 Å². The summed E-state index contributed by atoms with van der Waals surface area (Å²) in [6.45, 7) is 8.49. The average molecular weight is 273 g/mol. The summed E-state index contributed by atoms with van der Waals surface area (Å²) in [4.78, 5) is 9.60. The van der Waals surface area contributed by atoms with Gasteiger partial charge >= 0.3 is 0 Å². The molecule has 2 bridgehead atoms. The molecule has 3 heteroatoms. The Bertz CT molecular complexity index is 469. The summed E-state index contributed by atoms with van der Waals surface area (Å²) < 4.78 is 0. The molecule has 110 valence electrons. The Morgan fingerprint density at radius 2 is 2.10 bits per heavy atom. The highest BCUT2D eigenvalue weighted by atomic mass is 14.9. The summed E-state index contributed by atoms with van der Waals surface area (Å²) >= 11 is 0. The minimum Gasteiger partial charge on any atom is -0.311 e. The van der Waals surface area contributed by atoms with Gasteiger partial charge in [-0.1, -0.05) is 20.3 Å². The van der Waals surface area contributed by atoms with Crippen molar-refractivity contribution in [2.75, 3.05) is 6.54 Å². The number of hydrogen-bond donors (Lipinski definition) is 1. The van der Waals surface area contributed by atoms with Gasteiger partial charge in [0.25, 0.3) is 0 Å². The second-order valence-electron chi connectivity index (χ2n) is 7.16. The first kappa shape index (κ1) is 14.0. The number of fused-ring (bicyclic) bond motifs is 2. The van der Waals surface area contributed by atoms with Crippen LogP contribution in [0.2, 0.25) is 0 Å². The fourth-order valence-corrected chi connectivity index (χ4v) is 3.96. The molecule has 1 aromatic rings. The van der Waals surface area contributed by atoms with Gasteiger partial charge in [-0.2, -0.15) is 0 Å². The number of aromatic nitrogens is 2. The summed E-state index contributed by atoms with van der Waals surface area (Å²) in [5.41, 5.74) is 2.29. The molecular weight excluding hydrogens is 246 g/mol. The maximum absolute atomic E-state index is 4.86. The van der Waals surface area contributed by atoms with Gasteiger partial charge in [0.15, 0.2) is 0 Å². The Labute approximate surface area is 122 Å². The molecule has 1 heterocycles. The van der Waals surface area contributed by atoms with E-state index in [0.717, 1.165) is 42.1 Å². The van der Waals surface area contributed by atoms with Crippen molar-refractivity contribution >= 4 is 0 Å². The molecule has 1 N–H and O–H groups in total. The smallest absolute Gasteiger partial charge is 0.132 e. The zero-order valence-electron chi connectivity index (χ0n) is 13.0. The second-order valence-corrected chi connectivity index (χ2v) is 7.16. The Morgan fingerprint density at radius 1 is 1.25 bits per heavy atom. The highest BCUT2D eigenvalue weighted by molar-refractivity contribution is 5.15. The van der Waals surface area contributed by atoms with Crippen LogP contribution in [0, 0.1) is 24.7 Å². The van der Waals surface area contributed by atoms with E-state index in [-0.39, 0.29) is 0 Å². The van der Waals surface area contributed by atoms with Crippen LogP contribution >= 0.6 is 0 Å². The number of nitrogens with one attached hydrogen (secondary N) is 1. The first-order valence-corrected chi connectivity index (χ1v) is 8.17. The van der Waals surface area contributed by atoms with Crippen LogP contribution in [-0.4, -0.2) is 16.5 Å². The Hall–Kier alpha value is -0.960. The molecule has 2 aliphatic rings. The van der Waals surface area contributed by atoms with Gasteiger partial charge in [0.1, 0.15) is 5.82 Å². The van der Waals surface area contributed by atoms with Crippen molar-refractivity contribution in [3.8, 4) is 0 Å². The van der Waals surface area contributed by atoms with Crippen molar-refractivity contribution in [1.29, 1.82) is 0 Å². The minimum absolute atomic E-state index is 0.637. The largest absolute Gasteiger partial charge is 0.311 e. The molecule has 0 amide bonds. The van der Waals surface area contributed by atoms with Crippen LogP contribution in [-0.2, 0) is 6.54 Å². The van der Waals surface area contributed by atoms with Gasteiger partial charge in [-0.15, -0.1) is 0 Å². The molecule has 0 radical (unpaired) electrons. The van der Waals surface area contributed by atoms with Crippen molar-refractivity contribution in [2.24, 2.45) is 17.8 Å². The lowest BCUT2D eigenvalue weighted by atomic mass is 9.88. The lowest BCUT2D eigenvalue weighted by molar-refractivity contribution is 0.403. The fourth-order valence-electron chi connectivity index (χ4n) is 3.96. The second kappa shape index (κ2) is 5.80. The van der Waals surface area contributed by atoms with E-state index < -0.39 is 0 Å². The predicted octanol–water partition coefficient (Wildman–Crippen LogP) is 3.43. The fraction of sp³-hybridized carbons (Fsp3) is 0.765. The van der Waals surface area contributed by atoms with Crippen molar-refractivity contribution in [3.05, 3.63) is 23.3 Å². The number of nitrogens with zero attached hydrogens (tertiary/aromatic N) is 2. The van der Waals surface area contributed by atoms with E-state index >= 15 is 0 Å². The zero-order chi connectivity index (χ0) is 14.1. The van der Waals surface area contributed by atoms with Crippen LogP contribution < -0.4 is 5.32 Å². The maximum Gasteiger partial charge on any atom is 0.132 e. The molecule has 3 atom stereocenters. The molecule has 0 aromatic carbocycles. The monoisotopic (exact) mass is 273 g/mol. The van der Waals surface area contributed by atoms with Crippen LogP contribution in [0.15, 0.2) is 6.07 Å². The molecule has 3 nitrogen and oxygen atoms in total. The molecule has 0 spiro atoms. The lowest BCUT2D eigenvalue weighted by Gasteiger charge is -2.21. The Morgan fingerprint density at radius 3 is 2.75 bits per heavy atom. The molecule has 0 aliphatic heterocycles. The SMILES string of the molecule is Cc1cc(CNCC(C)C)nc(C2CC3CCC2C3)n1. The van der Waals surface area contributed by atoms with Gasteiger partial charge in [-0.3, -0.25) is 0 Å². The van der Waals surface area contributed by atoms with Crippen LogP contribution in [0.5, 0.6) is 0 Å². The normalized spacial score (nSPS) is 28.5. The summed E-state index contributed by atoms with van der Waals surface area (Å²) in [6, 6.07) is 2.13. The van der Waals surface area contributed by atoms with E-state index in [0.29, 0.717) is 11.8 Å². The van der Waals surface area contributed by atoms with Gasteiger partial charge in [-0.25, -0.2) is 9.97 Å². The molecule has 1 aromatic heterocycles. The van der Waals surface area contributed by atoms with Crippen molar-refractivity contribution < 1.29 is 0 Å². The number of rotatable bonds is 5. The molecule has 3 unspecified atom stereocenters. The summed E-state index contributed by atoms with van der Waals surface area (Å²) in [5, 5.41) is 3.49. The predicted molar refractivity (Wildman–Crippen MR) is 81.5 cm³/mol. The third-order valence-corrected chi connectivity index (χ3v) is 4.85. The van der Waals surface area contributed by atoms with E-state index in [4.69, 9.17) is 9.97 Å². The van der Waals surface area contributed by atoms with Crippen LogP contribution in [0.3, 0.4) is 0 Å². The summed E-state index contributed by atoms with van der Waals surface area (Å²) in [7, 11) is 0. The molecule has 2 fully saturated rings. The highest BCUT2D eigenvalue weighted by Crippen LogP contribution is 2.52. The molecule has 2 saturated carbocycles. The van der Waals surface area contributed by atoms with Crippen molar-refractivity contribution in [3.63, 3.8) is 0 Å². The van der Waals surface area contributed by atoms with E-state index in [1.807, 2.05) is 0 Å². The third-order valence-electron chi connectivity index (χ3n) is 4.85. The molecule has 3 rings (SSSR count). The van der Waals surface area contributed by atoms with E-state index in [2.05, 4.69) is 32.2 Å². The van der Waals surface area contributed by atoms with E-state index in [1.165, 1.54) is 25.7 Å². The van der Waals surface area contributed by atoms with Gasteiger partial charge in [0, 0.05) is 18.2 Å². The summed E-state index contributed by atoms with van der Waals surface area (Å²) in [5.74, 6) is 4.26. The molecule has 0 saturated heterocycles. The number of hydrogen-bond acceptors (Lipinski definition) is 3. The first-order chi connectivity index (χ1) is 9.61. The van der Waals surface area contributed by atoms with Gasteiger partial charge in [0.2, 0.25) is 0 Å². The quantitative estimate of drug-likeness (QED) is 0.893. The standard InChI is InChI=1S/C17H27N3/c1-11(2)9-18-10-15-6-12(3)19-17(20-15)16-8-13-4-5-14(16)7-13/h6,11,13-14,16,18H,4-5,7-10H2,1-3H3. The van der Waals surface area contributed by atoms with Crippen LogP contribution in [0.1, 0.15) is 62.7 Å². The van der Waals surface area contributed by atoms with E-state index in [1.54, 1.807) is 0 Å². The Balaban J connectivity index is 1.70.